The first-order chi connectivity index (χ1) is 10.3. The number of hydrogen-bond acceptors (Lipinski definition) is 5. The van der Waals surface area contributed by atoms with Crippen LogP contribution in [0.1, 0.15) is 19.8 Å². The second-order valence-corrected chi connectivity index (χ2v) is 4.41. The first kappa shape index (κ1) is 20.7. The van der Waals surface area contributed by atoms with Gasteiger partial charge < -0.3 is 24.3 Å². The minimum Gasteiger partial charge on any atom is -0.379 e. The summed E-state index contributed by atoms with van der Waals surface area (Å²) in [6.45, 7) is 6.78. The molecule has 0 saturated heterocycles. The zero-order valence-electron chi connectivity index (χ0n) is 13.0. The van der Waals surface area contributed by atoms with Gasteiger partial charge in [-0.3, -0.25) is 0 Å². The maximum atomic E-state index is 11.7. The van der Waals surface area contributed by atoms with Crippen LogP contribution in [-0.2, 0) is 18.9 Å². The van der Waals surface area contributed by atoms with Crippen molar-refractivity contribution in [2.45, 2.75) is 26.2 Å². The Hall–Kier alpha value is -0.340. The average Bonchev–Trinajstić information content (AvgIpc) is 2.46. The van der Waals surface area contributed by atoms with Gasteiger partial charge in [-0.25, -0.2) is 8.78 Å². The van der Waals surface area contributed by atoms with Gasteiger partial charge in [-0.15, -0.1) is 0 Å². The normalized spacial score (nSPS) is 11.4. The number of ether oxygens (including phenoxy) is 4. The largest absolute Gasteiger partial charge is 0.379 e. The minimum atomic E-state index is -2.40. The Morgan fingerprint density at radius 1 is 0.762 bits per heavy atom. The number of nitrogens with one attached hydrogen (secondary N) is 1. The van der Waals surface area contributed by atoms with Crippen LogP contribution in [0.4, 0.5) is 8.78 Å². The monoisotopic (exact) mass is 313 g/mol. The third-order valence-corrected chi connectivity index (χ3v) is 2.48. The molecule has 0 aromatic carbocycles. The molecule has 0 aliphatic carbocycles. The maximum absolute atomic E-state index is 11.7. The van der Waals surface area contributed by atoms with Crippen LogP contribution < -0.4 is 5.32 Å². The summed E-state index contributed by atoms with van der Waals surface area (Å²) >= 11 is 0. The zero-order valence-corrected chi connectivity index (χ0v) is 13.0. The van der Waals surface area contributed by atoms with Gasteiger partial charge in [0.15, 0.2) is 0 Å². The zero-order chi connectivity index (χ0) is 15.6. The molecule has 0 fully saturated rings. The van der Waals surface area contributed by atoms with E-state index in [9.17, 15) is 8.78 Å². The van der Waals surface area contributed by atoms with Crippen LogP contribution in [0.15, 0.2) is 0 Å². The molecule has 0 aromatic heterocycles. The van der Waals surface area contributed by atoms with Gasteiger partial charge in [-0.2, -0.15) is 0 Å². The number of alkyl halides is 2. The van der Waals surface area contributed by atoms with E-state index in [2.05, 4.69) is 12.2 Å². The van der Waals surface area contributed by atoms with Crippen molar-refractivity contribution in [1.29, 1.82) is 0 Å². The third kappa shape index (κ3) is 19.7. The molecule has 0 amide bonds. The highest BCUT2D eigenvalue weighted by atomic mass is 19.3. The molecule has 0 spiro atoms. The van der Waals surface area contributed by atoms with Crippen molar-refractivity contribution in [3.63, 3.8) is 0 Å². The predicted molar refractivity (Wildman–Crippen MR) is 77.1 cm³/mol. The molecule has 21 heavy (non-hydrogen) atoms. The van der Waals surface area contributed by atoms with Crippen LogP contribution in [0.3, 0.4) is 0 Å². The summed E-state index contributed by atoms with van der Waals surface area (Å²) in [5, 5.41) is 3.03. The standard InChI is InChI=1S/C14H29F2NO4/c1-2-3-6-18-9-11-20-12-10-19-7-4-17-5-8-21-13-14(15)16/h14,17H,2-13H2,1H3. The molecule has 128 valence electrons. The lowest BCUT2D eigenvalue weighted by molar-refractivity contribution is 0.0121. The lowest BCUT2D eigenvalue weighted by Crippen LogP contribution is -2.25. The molecule has 0 atom stereocenters. The van der Waals surface area contributed by atoms with E-state index < -0.39 is 13.0 Å². The van der Waals surface area contributed by atoms with Crippen LogP contribution in [0, 0.1) is 0 Å². The van der Waals surface area contributed by atoms with E-state index in [4.69, 9.17) is 18.9 Å². The van der Waals surface area contributed by atoms with Crippen LogP contribution in [0.5, 0.6) is 0 Å². The fourth-order valence-corrected chi connectivity index (χ4v) is 1.37. The van der Waals surface area contributed by atoms with E-state index in [0.717, 1.165) is 19.4 Å². The summed E-state index contributed by atoms with van der Waals surface area (Å²) < 4.78 is 44.2. The fourth-order valence-electron chi connectivity index (χ4n) is 1.37. The van der Waals surface area contributed by atoms with Crippen LogP contribution >= 0.6 is 0 Å². The molecular formula is C14H29F2NO4. The Kier molecular flexibility index (Phi) is 17.4. The Bertz CT molecular complexity index is 200. The summed E-state index contributed by atoms with van der Waals surface area (Å²) in [6, 6.07) is 0. The second kappa shape index (κ2) is 17.7. The molecule has 5 nitrogen and oxygen atoms in total. The van der Waals surface area contributed by atoms with Crippen molar-refractivity contribution < 1.29 is 27.7 Å². The van der Waals surface area contributed by atoms with Gasteiger partial charge in [-0.1, -0.05) is 13.3 Å². The minimum absolute atomic E-state index is 0.283. The number of halogens is 2. The van der Waals surface area contributed by atoms with Gasteiger partial charge in [-0.05, 0) is 6.42 Å². The van der Waals surface area contributed by atoms with Crippen molar-refractivity contribution in [2.75, 3.05) is 65.9 Å². The topological polar surface area (TPSA) is 49.0 Å². The quantitative estimate of drug-likeness (QED) is 0.414. The first-order valence-corrected chi connectivity index (χ1v) is 7.57. The van der Waals surface area contributed by atoms with Crippen molar-refractivity contribution in [1.82, 2.24) is 5.32 Å². The molecule has 0 heterocycles. The van der Waals surface area contributed by atoms with Crippen LogP contribution in [0.2, 0.25) is 0 Å². The average molecular weight is 313 g/mol. The second-order valence-electron chi connectivity index (χ2n) is 4.41. The van der Waals surface area contributed by atoms with Gasteiger partial charge in [0, 0.05) is 19.7 Å². The fraction of sp³-hybridized carbons (Fsp3) is 1.00. The van der Waals surface area contributed by atoms with E-state index in [0.29, 0.717) is 46.1 Å². The van der Waals surface area contributed by atoms with Gasteiger partial charge in [0.05, 0.1) is 39.6 Å². The Balaban J connectivity index is 2.93. The third-order valence-electron chi connectivity index (χ3n) is 2.48. The summed E-state index contributed by atoms with van der Waals surface area (Å²) in [5.41, 5.74) is 0. The highest BCUT2D eigenvalue weighted by molar-refractivity contribution is 4.46. The first-order valence-electron chi connectivity index (χ1n) is 7.57. The van der Waals surface area contributed by atoms with Gasteiger partial charge in [0.1, 0.15) is 6.61 Å². The molecule has 0 aliphatic heterocycles. The molecule has 0 aliphatic rings. The molecule has 0 aromatic rings. The molecule has 0 bridgehead atoms. The lowest BCUT2D eigenvalue weighted by atomic mass is 10.4. The maximum Gasteiger partial charge on any atom is 0.261 e. The number of rotatable bonds is 17. The highest BCUT2D eigenvalue weighted by Crippen LogP contribution is 1.91. The molecular weight excluding hydrogens is 284 g/mol. The Labute approximate surface area is 126 Å². The molecule has 7 heteroatoms. The van der Waals surface area contributed by atoms with E-state index in [1.165, 1.54) is 0 Å². The summed E-state index contributed by atoms with van der Waals surface area (Å²) in [6.07, 6.45) is -0.171. The molecule has 0 rings (SSSR count). The number of hydrogen-bond donors (Lipinski definition) is 1. The summed E-state index contributed by atoms with van der Waals surface area (Å²) in [5.74, 6) is 0. The molecule has 0 unspecified atom stereocenters. The van der Waals surface area contributed by atoms with Crippen LogP contribution in [0.25, 0.3) is 0 Å². The molecule has 0 radical (unpaired) electrons. The Morgan fingerprint density at radius 3 is 1.86 bits per heavy atom. The van der Waals surface area contributed by atoms with Gasteiger partial charge >= 0.3 is 0 Å². The SMILES string of the molecule is CCCCOCCOCCOCCNCCOCC(F)F. The summed E-state index contributed by atoms with van der Waals surface area (Å²) in [4.78, 5) is 0. The van der Waals surface area contributed by atoms with Gasteiger partial charge in [0.2, 0.25) is 0 Å². The molecule has 0 saturated carbocycles. The highest BCUT2D eigenvalue weighted by Gasteiger charge is 2.00. The van der Waals surface area contributed by atoms with Crippen molar-refractivity contribution in [2.24, 2.45) is 0 Å². The molecule has 1 N–H and O–H groups in total. The van der Waals surface area contributed by atoms with E-state index >= 15 is 0 Å². The van der Waals surface area contributed by atoms with Crippen molar-refractivity contribution >= 4 is 0 Å². The number of unbranched alkanes of at least 4 members (excludes halogenated alkanes) is 1. The van der Waals surface area contributed by atoms with E-state index in [1.54, 1.807) is 0 Å². The smallest absolute Gasteiger partial charge is 0.261 e. The Morgan fingerprint density at radius 2 is 1.29 bits per heavy atom. The van der Waals surface area contributed by atoms with Gasteiger partial charge in [0.25, 0.3) is 6.43 Å². The predicted octanol–water partition coefficient (Wildman–Crippen LogP) is 1.71. The van der Waals surface area contributed by atoms with E-state index in [-0.39, 0.29) is 6.61 Å². The van der Waals surface area contributed by atoms with Crippen LogP contribution in [-0.4, -0.2) is 72.4 Å². The van der Waals surface area contributed by atoms with Crippen molar-refractivity contribution in [3.8, 4) is 0 Å². The lowest BCUT2D eigenvalue weighted by Gasteiger charge is -2.08. The van der Waals surface area contributed by atoms with Crippen molar-refractivity contribution in [3.05, 3.63) is 0 Å². The van der Waals surface area contributed by atoms with E-state index in [1.807, 2.05) is 0 Å². The summed E-state index contributed by atoms with van der Waals surface area (Å²) in [7, 11) is 0.